The van der Waals surface area contributed by atoms with Crippen molar-refractivity contribution in [3.8, 4) is 0 Å². The Kier molecular flexibility index (Phi) is 4.65. The third kappa shape index (κ3) is 3.25. The van der Waals surface area contributed by atoms with Crippen molar-refractivity contribution in [1.82, 2.24) is 0 Å². The lowest BCUT2D eigenvalue weighted by molar-refractivity contribution is -0.131. The highest BCUT2D eigenvalue weighted by molar-refractivity contribution is 5.15. The van der Waals surface area contributed by atoms with E-state index < -0.39 is 0 Å². The van der Waals surface area contributed by atoms with Crippen LogP contribution in [0.1, 0.15) is 24.0 Å². The Balaban J connectivity index is 1.41. The van der Waals surface area contributed by atoms with Gasteiger partial charge in [0.15, 0.2) is 0 Å². The van der Waals surface area contributed by atoms with Crippen LogP contribution in [-0.4, -0.2) is 23.4 Å². The van der Waals surface area contributed by atoms with Crippen LogP contribution in [0.4, 0.5) is 0 Å². The molecule has 2 aromatic rings. The fraction of sp³-hybridized carbons (Fsp3) is 0.429. The zero-order valence-corrected chi connectivity index (χ0v) is 13.8. The molecule has 1 N–H and O–H groups in total. The number of hydrogen-bond donors (Lipinski definition) is 1. The maximum Gasteiger partial charge on any atom is 0.0896 e. The minimum atomic E-state index is -0.243. The van der Waals surface area contributed by atoms with Gasteiger partial charge in [-0.25, -0.2) is 0 Å². The van der Waals surface area contributed by atoms with Crippen molar-refractivity contribution in [3.05, 3.63) is 71.8 Å². The summed E-state index contributed by atoms with van der Waals surface area (Å²) in [6.45, 7) is 1.18. The second kappa shape index (κ2) is 7.06. The largest absolute Gasteiger partial charge is 0.393 e. The van der Waals surface area contributed by atoms with E-state index in [1.54, 1.807) is 0 Å². The van der Waals surface area contributed by atoms with Crippen molar-refractivity contribution < 1.29 is 14.6 Å². The molecule has 2 saturated carbocycles. The summed E-state index contributed by atoms with van der Waals surface area (Å²) < 4.78 is 12.4. The predicted molar refractivity (Wildman–Crippen MR) is 92.3 cm³/mol. The van der Waals surface area contributed by atoms with Gasteiger partial charge in [-0.1, -0.05) is 60.7 Å². The van der Waals surface area contributed by atoms with Crippen molar-refractivity contribution in [2.75, 3.05) is 0 Å². The Morgan fingerprint density at radius 1 is 0.750 bits per heavy atom. The van der Waals surface area contributed by atoms with Crippen molar-refractivity contribution in [1.29, 1.82) is 0 Å². The standard InChI is InChI=1S/C21H24O3/c22-19-12-17-11-18(19)21(24-14-16-9-5-2-6-10-16)20(17)23-13-15-7-3-1-4-8-15/h1-10,17-22H,11-14H2/t17-,18+,19?,20-,21+/m0/s1. The lowest BCUT2D eigenvalue weighted by atomic mass is 9.92. The topological polar surface area (TPSA) is 38.7 Å². The van der Waals surface area contributed by atoms with Crippen molar-refractivity contribution in [2.45, 2.75) is 44.4 Å². The number of ether oxygens (including phenoxy) is 2. The lowest BCUT2D eigenvalue weighted by Gasteiger charge is -2.33. The summed E-state index contributed by atoms with van der Waals surface area (Å²) in [5, 5.41) is 10.3. The highest BCUT2D eigenvalue weighted by atomic mass is 16.5. The van der Waals surface area contributed by atoms with Crippen LogP contribution in [-0.2, 0) is 22.7 Å². The quantitative estimate of drug-likeness (QED) is 0.883. The zero-order chi connectivity index (χ0) is 16.4. The minimum absolute atomic E-state index is 0.0114. The monoisotopic (exact) mass is 324 g/mol. The molecule has 0 radical (unpaired) electrons. The molecule has 4 rings (SSSR count). The molecule has 0 saturated heterocycles. The Morgan fingerprint density at radius 3 is 1.88 bits per heavy atom. The zero-order valence-electron chi connectivity index (χ0n) is 13.8. The van der Waals surface area contributed by atoms with Crippen molar-refractivity contribution in [3.63, 3.8) is 0 Å². The first-order valence-electron chi connectivity index (χ1n) is 8.80. The second-order valence-corrected chi connectivity index (χ2v) is 6.99. The molecular weight excluding hydrogens is 300 g/mol. The van der Waals surface area contributed by atoms with Crippen molar-refractivity contribution >= 4 is 0 Å². The van der Waals surface area contributed by atoms with Gasteiger partial charge in [0.2, 0.25) is 0 Å². The lowest BCUT2D eigenvalue weighted by Crippen LogP contribution is -2.42. The third-order valence-electron chi connectivity index (χ3n) is 5.39. The number of benzene rings is 2. The van der Waals surface area contributed by atoms with Crippen LogP contribution in [0.25, 0.3) is 0 Å². The van der Waals surface area contributed by atoms with E-state index in [0.717, 1.165) is 18.4 Å². The van der Waals surface area contributed by atoms with Crippen LogP contribution in [0.3, 0.4) is 0 Å². The summed E-state index contributed by atoms with van der Waals surface area (Å²) >= 11 is 0. The van der Waals surface area contributed by atoms with Crippen LogP contribution in [0.15, 0.2) is 60.7 Å². The average Bonchev–Trinajstić information content (AvgIpc) is 3.16. The molecule has 24 heavy (non-hydrogen) atoms. The smallest absolute Gasteiger partial charge is 0.0896 e. The second-order valence-electron chi connectivity index (χ2n) is 6.99. The molecule has 3 heteroatoms. The first-order valence-corrected chi connectivity index (χ1v) is 8.80. The fourth-order valence-electron chi connectivity index (χ4n) is 4.20. The van der Waals surface area contributed by atoms with E-state index in [0.29, 0.717) is 19.1 Å². The maximum atomic E-state index is 10.3. The van der Waals surface area contributed by atoms with E-state index in [2.05, 4.69) is 24.3 Å². The highest BCUT2D eigenvalue weighted by Gasteiger charge is 2.53. The molecule has 1 unspecified atom stereocenters. The van der Waals surface area contributed by atoms with Gasteiger partial charge < -0.3 is 14.6 Å². The van der Waals surface area contributed by atoms with Gasteiger partial charge in [-0.3, -0.25) is 0 Å². The van der Waals surface area contributed by atoms with Gasteiger partial charge in [-0.2, -0.15) is 0 Å². The number of hydrogen-bond acceptors (Lipinski definition) is 3. The summed E-state index contributed by atoms with van der Waals surface area (Å²) in [6.07, 6.45) is 1.69. The van der Waals surface area contributed by atoms with E-state index in [9.17, 15) is 5.11 Å². The number of fused-ring (bicyclic) bond motifs is 2. The summed E-state index contributed by atoms with van der Waals surface area (Å²) in [6, 6.07) is 20.5. The summed E-state index contributed by atoms with van der Waals surface area (Å²) in [4.78, 5) is 0. The summed E-state index contributed by atoms with van der Waals surface area (Å²) in [5.41, 5.74) is 2.35. The van der Waals surface area contributed by atoms with Crippen LogP contribution >= 0.6 is 0 Å². The van der Waals surface area contributed by atoms with Crippen molar-refractivity contribution in [2.24, 2.45) is 11.8 Å². The molecule has 2 fully saturated rings. The van der Waals surface area contributed by atoms with E-state index in [1.165, 1.54) is 5.56 Å². The fourth-order valence-corrected chi connectivity index (χ4v) is 4.20. The Labute approximate surface area is 143 Å². The molecule has 0 heterocycles. The Morgan fingerprint density at radius 2 is 1.29 bits per heavy atom. The Bertz CT molecular complexity index is 643. The number of aliphatic hydroxyl groups excluding tert-OH is 1. The molecule has 5 atom stereocenters. The predicted octanol–water partition coefficient (Wildman–Crippen LogP) is 3.56. The van der Waals surface area contributed by atoms with Gasteiger partial charge in [0.05, 0.1) is 31.5 Å². The molecule has 0 aliphatic heterocycles. The first kappa shape index (κ1) is 15.8. The average molecular weight is 324 g/mol. The number of rotatable bonds is 6. The van der Waals surface area contributed by atoms with E-state index >= 15 is 0 Å². The SMILES string of the molecule is OC1C[C@@H]2C[C@H]1[C@@H](OCc1ccccc1)[C@H]2OCc1ccccc1. The molecule has 2 bridgehead atoms. The molecule has 0 spiro atoms. The van der Waals surface area contributed by atoms with E-state index in [-0.39, 0.29) is 24.2 Å². The Hall–Kier alpha value is -1.68. The number of aliphatic hydroxyl groups is 1. The third-order valence-corrected chi connectivity index (χ3v) is 5.39. The van der Waals surface area contributed by atoms with Crippen LogP contribution < -0.4 is 0 Å². The summed E-state index contributed by atoms with van der Waals surface area (Å²) in [5.74, 6) is 0.619. The maximum absolute atomic E-state index is 10.3. The molecule has 2 aliphatic carbocycles. The molecule has 0 amide bonds. The van der Waals surface area contributed by atoms with Gasteiger partial charge in [-0.05, 0) is 29.9 Å². The minimum Gasteiger partial charge on any atom is -0.393 e. The highest BCUT2D eigenvalue weighted by Crippen LogP contribution is 2.48. The van der Waals surface area contributed by atoms with Gasteiger partial charge >= 0.3 is 0 Å². The molecule has 3 nitrogen and oxygen atoms in total. The van der Waals surface area contributed by atoms with Gasteiger partial charge in [-0.15, -0.1) is 0 Å². The van der Waals surface area contributed by atoms with Crippen LogP contribution in [0.2, 0.25) is 0 Å². The van der Waals surface area contributed by atoms with Gasteiger partial charge in [0.25, 0.3) is 0 Å². The molecule has 126 valence electrons. The molecule has 0 aromatic heterocycles. The van der Waals surface area contributed by atoms with Crippen LogP contribution in [0.5, 0.6) is 0 Å². The normalized spacial score (nSPS) is 31.5. The van der Waals surface area contributed by atoms with Gasteiger partial charge in [0, 0.05) is 5.92 Å². The summed E-state index contributed by atoms with van der Waals surface area (Å²) in [7, 11) is 0. The molecule has 2 aromatic carbocycles. The van der Waals surface area contributed by atoms with Crippen LogP contribution in [0, 0.1) is 11.8 Å². The van der Waals surface area contributed by atoms with Gasteiger partial charge in [0.1, 0.15) is 0 Å². The molecule has 2 aliphatic rings. The first-order chi connectivity index (χ1) is 11.8. The van der Waals surface area contributed by atoms with E-state index in [4.69, 9.17) is 9.47 Å². The van der Waals surface area contributed by atoms with E-state index in [1.807, 2.05) is 36.4 Å². The molecular formula is C21H24O3.